The van der Waals surface area contributed by atoms with E-state index in [1.54, 1.807) is 0 Å². The van der Waals surface area contributed by atoms with Gasteiger partial charge in [-0.3, -0.25) is 0 Å². The maximum absolute atomic E-state index is 2.43. The zero-order valence-electron chi connectivity index (χ0n) is 27.0. The molecular weight excluding hydrogens is 589 g/mol. The molecule has 9 aromatic rings. The Balaban J connectivity index is 1.32. The summed E-state index contributed by atoms with van der Waals surface area (Å²) >= 11 is 0. The highest BCUT2D eigenvalue weighted by atomic mass is 14.3. The summed E-state index contributed by atoms with van der Waals surface area (Å²) in [6.45, 7) is 0. The SMILES string of the molecule is c1ccc(-c2cccc(-c3ccc4c(c3)-c3ccccc3C4)c2-c2c3ccccc3c(-c3ccc4ccccc4c3)c3ccccc23)cc1. The van der Waals surface area contributed by atoms with Crippen LogP contribution in [0.15, 0.2) is 182 Å². The maximum Gasteiger partial charge on any atom is -0.00134 e. The van der Waals surface area contributed by atoms with Crippen LogP contribution in [-0.2, 0) is 6.42 Å². The van der Waals surface area contributed by atoms with Gasteiger partial charge in [0.25, 0.3) is 0 Å². The van der Waals surface area contributed by atoms with Gasteiger partial charge in [-0.2, -0.15) is 0 Å². The first-order valence-corrected chi connectivity index (χ1v) is 17.1. The highest BCUT2D eigenvalue weighted by Gasteiger charge is 2.24. The fourth-order valence-electron chi connectivity index (χ4n) is 8.27. The van der Waals surface area contributed by atoms with Crippen LogP contribution in [0.4, 0.5) is 0 Å². The van der Waals surface area contributed by atoms with Crippen LogP contribution in [0.2, 0.25) is 0 Å². The Hall–Kier alpha value is -6.24. The van der Waals surface area contributed by atoms with Gasteiger partial charge >= 0.3 is 0 Å². The molecule has 0 heteroatoms. The fourth-order valence-corrected chi connectivity index (χ4v) is 8.27. The van der Waals surface area contributed by atoms with Crippen LogP contribution in [0.3, 0.4) is 0 Å². The Labute approximate surface area is 286 Å². The molecule has 0 radical (unpaired) electrons. The summed E-state index contributed by atoms with van der Waals surface area (Å²) < 4.78 is 0. The van der Waals surface area contributed by atoms with Crippen molar-refractivity contribution in [3.05, 3.63) is 193 Å². The Kier molecular flexibility index (Phi) is 6.35. The minimum atomic E-state index is 0.994. The smallest absolute Gasteiger partial charge is 0.00134 e. The summed E-state index contributed by atoms with van der Waals surface area (Å²) in [6.07, 6.45) is 0.994. The summed E-state index contributed by atoms with van der Waals surface area (Å²) in [5.41, 5.74) is 15.6. The van der Waals surface area contributed by atoms with E-state index in [1.165, 1.54) is 99.1 Å². The van der Waals surface area contributed by atoms with Gasteiger partial charge in [-0.1, -0.05) is 170 Å². The van der Waals surface area contributed by atoms with Crippen molar-refractivity contribution in [2.75, 3.05) is 0 Å². The molecule has 0 unspecified atom stereocenters. The summed E-state index contributed by atoms with van der Waals surface area (Å²) in [5.74, 6) is 0. The molecule has 10 rings (SSSR count). The first-order valence-electron chi connectivity index (χ1n) is 17.1. The lowest BCUT2D eigenvalue weighted by atomic mass is 9.80. The van der Waals surface area contributed by atoms with Crippen molar-refractivity contribution in [3.63, 3.8) is 0 Å². The molecule has 0 aliphatic heterocycles. The first kappa shape index (κ1) is 27.8. The van der Waals surface area contributed by atoms with E-state index in [0.29, 0.717) is 0 Å². The van der Waals surface area contributed by atoms with Crippen LogP contribution in [-0.4, -0.2) is 0 Å². The minimum Gasteiger partial charge on any atom is -0.0622 e. The highest BCUT2D eigenvalue weighted by molar-refractivity contribution is 6.24. The predicted octanol–water partition coefficient (Wildman–Crippen LogP) is 13.4. The molecule has 0 spiro atoms. The average Bonchev–Trinajstić information content (AvgIpc) is 3.55. The Morgan fingerprint density at radius 3 is 1.57 bits per heavy atom. The second kappa shape index (κ2) is 11.2. The van der Waals surface area contributed by atoms with Crippen molar-refractivity contribution in [1.82, 2.24) is 0 Å². The van der Waals surface area contributed by atoms with Crippen molar-refractivity contribution in [2.45, 2.75) is 6.42 Å². The monoisotopic (exact) mass is 620 g/mol. The molecule has 0 fully saturated rings. The van der Waals surface area contributed by atoms with Gasteiger partial charge in [-0.15, -0.1) is 0 Å². The molecule has 1 aliphatic rings. The van der Waals surface area contributed by atoms with Crippen molar-refractivity contribution in [2.24, 2.45) is 0 Å². The largest absolute Gasteiger partial charge is 0.0622 e. The van der Waals surface area contributed by atoms with E-state index in [0.717, 1.165) is 6.42 Å². The zero-order chi connectivity index (χ0) is 32.3. The molecule has 0 saturated carbocycles. The molecular formula is C49H32. The number of hydrogen-bond acceptors (Lipinski definition) is 0. The number of benzene rings is 9. The van der Waals surface area contributed by atoms with E-state index < -0.39 is 0 Å². The van der Waals surface area contributed by atoms with Crippen LogP contribution >= 0.6 is 0 Å². The van der Waals surface area contributed by atoms with E-state index in [9.17, 15) is 0 Å². The van der Waals surface area contributed by atoms with E-state index >= 15 is 0 Å². The Morgan fingerprint density at radius 1 is 0.265 bits per heavy atom. The maximum atomic E-state index is 2.43. The molecule has 0 N–H and O–H groups in total. The van der Waals surface area contributed by atoms with Gasteiger partial charge in [0.2, 0.25) is 0 Å². The quantitative estimate of drug-likeness (QED) is 0.172. The third-order valence-corrected chi connectivity index (χ3v) is 10.5. The second-order valence-corrected chi connectivity index (χ2v) is 13.2. The lowest BCUT2D eigenvalue weighted by Gasteiger charge is -2.22. The van der Waals surface area contributed by atoms with E-state index in [2.05, 4.69) is 182 Å². The van der Waals surface area contributed by atoms with E-state index in [4.69, 9.17) is 0 Å². The number of rotatable bonds is 4. The normalized spacial score (nSPS) is 12.0. The molecule has 0 aromatic heterocycles. The Bertz CT molecular complexity index is 2670. The van der Waals surface area contributed by atoms with Crippen molar-refractivity contribution < 1.29 is 0 Å². The van der Waals surface area contributed by atoms with E-state index in [-0.39, 0.29) is 0 Å². The van der Waals surface area contributed by atoms with Gasteiger partial charge in [-0.25, -0.2) is 0 Å². The Morgan fingerprint density at radius 2 is 0.816 bits per heavy atom. The molecule has 9 aromatic carbocycles. The van der Waals surface area contributed by atoms with Gasteiger partial charge in [0.1, 0.15) is 0 Å². The van der Waals surface area contributed by atoms with Gasteiger partial charge < -0.3 is 0 Å². The third kappa shape index (κ3) is 4.45. The summed E-state index contributed by atoms with van der Waals surface area (Å²) in [7, 11) is 0. The standard InChI is InChI=1S/C49H32/c1-2-14-33(15-3-1)40-23-12-24-41(37-27-26-36-30-35-17-6-7-18-39(35)46(36)31-37)48(40)49-44-21-10-8-19-42(44)47(43-20-9-11-22-45(43)49)38-28-25-32-13-4-5-16-34(32)29-38/h1-29,31H,30H2. The summed E-state index contributed by atoms with van der Waals surface area (Å²) in [4.78, 5) is 0. The molecule has 1 aliphatic carbocycles. The lowest BCUT2D eigenvalue weighted by molar-refractivity contribution is 1.26. The van der Waals surface area contributed by atoms with Crippen LogP contribution in [0.25, 0.3) is 88.0 Å². The van der Waals surface area contributed by atoms with Crippen LogP contribution < -0.4 is 0 Å². The van der Waals surface area contributed by atoms with Gasteiger partial charge in [0, 0.05) is 0 Å². The predicted molar refractivity (Wildman–Crippen MR) is 209 cm³/mol. The van der Waals surface area contributed by atoms with Crippen LogP contribution in [0.5, 0.6) is 0 Å². The number of hydrogen-bond donors (Lipinski definition) is 0. The first-order chi connectivity index (χ1) is 24.3. The van der Waals surface area contributed by atoms with Crippen molar-refractivity contribution in [1.29, 1.82) is 0 Å². The van der Waals surface area contributed by atoms with Gasteiger partial charge in [0.15, 0.2) is 0 Å². The molecule has 0 saturated heterocycles. The molecule has 228 valence electrons. The summed E-state index contributed by atoms with van der Waals surface area (Å²) in [6, 6.07) is 67.4. The van der Waals surface area contributed by atoms with Crippen LogP contribution in [0, 0.1) is 0 Å². The van der Waals surface area contributed by atoms with Crippen molar-refractivity contribution in [3.8, 4) is 55.6 Å². The van der Waals surface area contributed by atoms with E-state index in [1.807, 2.05) is 0 Å². The van der Waals surface area contributed by atoms with Gasteiger partial charge in [-0.05, 0) is 118 Å². The molecule has 0 amide bonds. The third-order valence-electron chi connectivity index (χ3n) is 10.5. The molecule has 0 bridgehead atoms. The highest BCUT2D eigenvalue weighted by Crippen LogP contribution is 2.50. The lowest BCUT2D eigenvalue weighted by Crippen LogP contribution is -1.95. The summed E-state index contributed by atoms with van der Waals surface area (Å²) in [5, 5.41) is 7.58. The van der Waals surface area contributed by atoms with Crippen LogP contribution in [0.1, 0.15) is 11.1 Å². The van der Waals surface area contributed by atoms with Gasteiger partial charge in [0.05, 0.1) is 0 Å². The minimum absolute atomic E-state index is 0.994. The zero-order valence-corrected chi connectivity index (χ0v) is 27.0. The second-order valence-electron chi connectivity index (χ2n) is 13.2. The van der Waals surface area contributed by atoms with Crippen molar-refractivity contribution >= 4 is 32.3 Å². The molecule has 49 heavy (non-hydrogen) atoms. The topological polar surface area (TPSA) is 0 Å². The molecule has 0 nitrogen and oxygen atoms in total. The fraction of sp³-hybridized carbons (Fsp3) is 0.0204. The molecule has 0 atom stereocenters. The average molecular weight is 621 g/mol. The number of fused-ring (bicyclic) bond motifs is 6. The molecule has 0 heterocycles.